The minimum Gasteiger partial charge on any atom is -0.381 e. The molecule has 2 aromatic rings. The summed E-state index contributed by atoms with van der Waals surface area (Å²) >= 11 is 0. The average molecular weight is 310 g/mol. The smallest absolute Gasteiger partial charge is 0.364 e. The Morgan fingerprint density at radius 2 is 1.86 bits per heavy atom. The zero-order chi connectivity index (χ0) is 15.8. The lowest BCUT2D eigenvalue weighted by Crippen LogP contribution is -2.15. The van der Waals surface area contributed by atoms with Crippen LogP contribution in [-0.2, 0) is 10.0 Å². The maximum absolute atomic E-state index is 12.5. The molecular weight excluding hydrogens is 292 g/mol. The van der Waals surface area contributed by atoms with E-state index < -0.39 is 15.6 Å². The number of benzene rings is 1. The number of hydrogen-bond acceptors (Lipinski definition) is 5. The zero-order valence-electron chi connectivity index (χ0n) is 12.2. The van der Waals surface area contributed by atoms with Crippen LogP contribution < -0.4 is 11.4 Å². The van der Waals surface area contributed by atoms with Gasteiger partial charge in [-0.2, -0.15) is 8.42 Å². The second-order valence-corrected chi connectivity index (χ2v) is 6.79. The monoisotopic (exact) mass is 310 g/mol. The molecule has 0 spiro atoms. The first-order chi connectivity index (χ1) is 9.78. The minimum atomic E-state index is -4.00. The van der Waals surface area contributed by atoms with E-state index in [9.17, 15) is 13.2 Å². The van der Waals surface area contributed by atoms with Gasteiger partial charge in [0, 0.05) is 0 Å². The molecule has 0 bridgehead atoms. The number of nitrogens with zero attached hydrogens (tertiary/aromatic N) is 1. The molecule has 0 radical (unpaired) electrons. The van der Waals surface area contributed by atoms with E-state index in [2.05, 4.69) is 0 Å². The fraction of sp³-hybridized carbons (Fsp3) is 0.357. The first-order valence-electron chi connectivity index (χ1n) is 6.63. The van der Waals surface area contributed by atoms with Crippen LogP contribution in [0.15, 0.2) is 38.5 Å². The largest absolute Gasteiger partial charge is 0.381 e. The Morgan fingerprint density at radius 1 is 1.29 bits per heavy atom. The SMILES string of the molecule is CC[C@@H](C)c1c(N)n(S(=O)(=O)c2ccc(C)cc2)oc1=O. The van der Waals surface area contributed by atoms with E-state index in [1.54, 1.807) is 19.1 Å². The molecule has 0 saturated carbocycles. The number of aryl methyl sites for hydroxylation is 1. The molecular formula is C14H18N2O4S. The topological polar surface area (TPSA) is 95.3 Å². The summed E-state index contributed by atoms with van der Waals surface area (Å²) in [6, 6.07) is 6.24. The van der Waals surface area contributed by atoms with Gasteiger partial charge in [-0.05, 0) is 31.4 Å². The summed E-state index contributed by atoms with van der Waals surface area (Å²) in [4.78, 5) is 11.9. The highest BCUT2D eigenvalue weighted by Gasteiger charge is 2.27. The summed E-state index contributed by atoms with van der Waals surface area (Å²) in [6.45, 7) is 5.53. The van der Waals surface area contributed by atoms with Crippen molar-refractivity contribution in [3.05, 3.63) is 45.8 Å². The van der Waals surface area contributed by atoms with Crippen molar-refractivity contribution in [1.29, 1.82) is 0 Å². The zero-order valence-corrected chi connectivity index (χ0v) is 13.0. The van der Waals surface area contributed by atoms with Gasteiger partial charge in [-0.25, -0.2) is 4.79 Å². The van der Waals surface area contributed by atoms with E-state index in [0.717, 1.165) is 5.56 Å². The molecule has 114 valence electrons. The second-order valence-electron chi connectivity index (χ2n) is 5.03. The normalized spacial score (nSPS) is 13.3. The van der Waals surface area contributed by atoms with Crippen LogP contribution >= 0.6 is 0 Å². The first kappa shape index (κ1) is 15.4. The molecule has 0 saturated heterocycles. The van der Waals surface area contributed by atoms with E-state index in [1.807, 2.05) is 13.8 Å². The number of nitrogens with two attached hydrogens (primary N) is 1. The van der Waals surface area contributed by atoms with Crippen molar-refractivity contribution in [2.75, 3.05) is 5.73 Å². The highest BCUT2D eigenvalue weighted by molar-refractivity contribution is 7.89. The number of rotatable bonds is 4. The maximum Gasteiger partial charge on any atom is 0.364 e. The fourth-order valence-corrected chi connectivity index (χ4v) is 3.21. The predicted octanol–water partition coefficient (Wildman–Crippen LogP) is 2.08. The molecule has 0 fully saturated rings. The van der Waals surface area contributed by atoms with Crippen molar-refractivity contribution in [3.63, 3.8) is 0 Å². The summed E-state index contributed by atoms with van der Waals surface area (Å²) in [6.07, 6.45) is 0.656. The van der Waals surface area contributed by atoms with Crippen LogP contribution in [0.5, 0.6) is 0 Å². The molecule has 6 nitrogen and oxygen atoms in total. The summed E-state index contributed by atoms with van der Waals surface area (Å²) < 4.78 is 30.4. The van der Waals surface area contributed by atoms with Crippen LogP contribution in [-0.4, -0.2) is 12.6 Å². The van der Waals surface area contributed by atoms with E-state index in [-0.39, 0.29) is 22.2 Å². The van der Waals surface area contributed by atoms with Gasteiger partial charge in [-0.3, -0.25) is 0 Å². The third kappa shape index (κ3) is 2.61. The van der Waals surface area contributed by atoms with Crippen molar-refractivity contribution in [3.8, 4) is 0 Å². The molecule has 0 amide bonds. The molecule has 0 aliphatic carbocycles. The van der Waals surface area contributed by atoms with Crippen LogP contribution in [0.3, 0.4) is 0 Å². The number of nitrogen functional groups attached to an aromatic ring is 1. The van der Waals surface area contributed by atoms with Crippen molar-refractivity contribution >= 4 is 15.8 Å². The molecule has 1 atom stereocenters. The van der Waals surface area contributed by atoms with Gasteiger partial charge in [0.1, 0.15) is 0 Å². The molecule has 0 aliphatic heterocycles. The first-order valence-corrected chi connectivity index (χ1v) is 8.07. The van der Waals surface area contributed by atoms with Gasteiger partial charge in [0.2, 0.25) is 0 Å². The summed E-state index contributed by atoms with van der Waals surface area (Å²) in [5.41, 5.74) is 6.24. The predicted molar refractivity (Wildman–Crippen MR) is 79.8 cm³/mol. The number of hydrogen-bond donors (Lipinski definition) is 1. The van der Waals surface area contributed by atoms with Gasteiger partial charge in [0.25, 0.3) is 10.0 Å². The van der Waals surface area contributed by atoms with Crippen LogP contribution in [0, 0.1) is 6.92 Å². The van der Waals surface area contributed by atoms with Crippen molar-refractivity contribution in [2.45, 2.75) is 38.0 Å². The maximum atomic E-state index is 12.5. The van der Waals surface area contributed by atoms with Crippen LogP contribution in [0.2, 0.25) is 0 Å². The Labute approximate surface area is 123 Å². The highest BCUT2D eigenvalue weighted by atomic mass is 32.2. The Morgan fingerprint density at radius 3 is 2.38 bits per heavy atom. The molecule has 2 N–H and O–H groups in total. The Bertz CT molecular complexity index is 800. The highest BCUT2D eigenvalue weighted by Crippen LogP contribution is 2.25. The van der Waals surface area contributed by atoms with E-state index in [0.29, 0.717) is 10.6 Å². The lowest BCUT2D eigenvalue weighted by Gasteiger charge is -2.08. The Kier molecular flexibility index (Phi) is 3.95. The lowest BCUT2D eigenvalue weighted by atomic mass is 10.0. The van der Waals surface area contributed by atoms with Crippen molar-refractivity contribution in [2.24, 2.45) is 0 Å². The third-order valence-corrected chi connectivity index (χ3v) is 5.08. The van der Waals surface area contributed by atoms with Crippen molar-refractivity contribution in [1.82, 2.24) is 4.15 Å². The summed E-state index contributed by atoms with van der Waals surface area (Å²) in [5, 5.41) is 0. The lowest BCUT2D eigenvalue weighted by molar-refractivity contribution is 0.344. The molecule has 1 heterocycles. The van der Waals surface area contributed by atoms with E-state index in [1.165, 1.54) is 12.1 Å². The van der Waals surface area contributed by atoms with Gasteiger partial charge in [-0.1, -0.05) is 35.7 Å². The fourth-order valence-electron chi connectivity index (χ4n) is 2.02. The van der Waals surface area contributed by atoms with Crippen LogP contribution in [0.25, 0.3) is 0 Å². The van der Waals surface area contributed by atoms with Gasteiger partial charge in [-0.15, -0.1) is 0 Å². The third-order valence-electron chi connectivity index (χ3n) is 3.50. The molecule has 1 aromatic heterocycles. The quantitative estimate of drug-likeness (QED) is 0.932. The standard InChI is InChI=1S/C14H18N2O4S/c1-4-10(3)12-13(15)16(20-14(12)17)21(18,19)11-7-5-9(2)6-8-11/h5-8,10H,4,15H2,1-3H3/t10-/m1/s1. The molecule has 0 unspecified atom stereocenters. The van der Waals surface area contributed by atoms with Gasteiger partial charge < -0.3 is 10.3 Å². The molecule has 1 aromatic carbocycles. The molecule has 7 heteroatoms. The molecule has 2 rings (SSSR count). The number of anilines is 1. The van der Waals surface area contributed by atoms with Gasteiger partial charge in [0.15, 0.2) is 5.82 Å². The molecule has 0 aliphatic rings. The van der Waals surface area contributed by atoms with Gasteiger partial charge >= 0.3 is 5.63 Å². The minimum absolute atomic E-state index is 0.0225. The van der Waals surface area contributed by atoms with Crippen LogP contribution in [0.4, 0.5) is 5.82 Å². The summed E-state index contributed by atoms with van der Waals surface area (Å²) in [7, 11) is -4.00. The summed E-state index contributed by atoms with van der Waals surface area (Å²) in [5.74, 6) is -0.328. The average Bonchev–Trinajstić information content (AvgIpc) is 2.74. The number of aromatic nitrogens is 1. The van der Waals surface area contributed by atoms with Crippen LogP contribution in [0.1, 0.15) is 37.3 Å². The Balaban J connectivity index is 2.61. The molecule has 21 heavy (non-hydrogen) atoms. The Hall–Kier alpha value is -2.02. The van der Waals surface area contributed by atoms with Crippen molar-refractivity contribution < 1.29 is 12.9 Å². The van der Waals surface area contributed by atoms with E-state index >= 15 is 0 Å². The second kappa shape index (κ2) is 5.40. The van der Waals surface area contributed by atoms with Gasteiger partial charge in [0.05, 0.1) is 10.5 Å². The van der Waals surface area contributed by atoms with E-state index in [4.69, 9.17) is 10.3 Å².